The molecule has 6 nitrogen and oxygen atoms in total. The molecular formula is C17H13N3O3S. The minimum absolute atomic E-state index is 0.0111. The molecule has 7 heteroatoms. The van der Waals surface area contributed by atoms with E-state index in [0.717, 1.165) is 5.52 Å². The number of nitrogens with zero attached hydrogens (tertiary/aromatic N) is 2. The van der Waals surface area contributed by atoms with E-state index in [1.807, 2.05) is 23.6 Å². The highest BCUT2D eigenvalue weighted by Crippen LogP contribution is 2.29. The van der Waals surface area contributed by atoms with E-state index in [9.17, 15) is 14.4 Å². The normalized spacial score (nSPS) is 13.7. The number of benzene rings is 1. The van der Waals surface area contributed by atoms with E-state index in [1.165, 1.54) is 22.3 Å². The van der Waals surface area contributed by atoms with E-state index in [-0.39, 0.29) is 30.3 Å². The predicted octanol–water partition coefficient (Wildman–Crippen LogP) is 2.05. The van der Waals surface area contributed by atoms with Gasteiger partial charge in [0.2, 0.25) is 11.8 Å². The van der Waals surface area contributed by atoms with Crippen molar-refractivity contribution in [2.45, 2.75) is 6.54 Å². The van der Waals surface area contributed by atoms with E-state index < -0.39 is 0 Å². The average molecular weight is 339 g/mol. The van der Waals surface area contributed by atoms with Gasteiger partial charge in [-0.3, -0.25) is 19.3 Å². The molecule has 2 aromatic heterocycles. The molecule has 0 saturated heterocycles. The first kappa shape index (κ1) is 14.6. The molecule has 120 valence electrons. The topological polar surface area (TPSA) is 71.4 Å². The van der Waals surface area contributed by atoms with Crippen LogP contribution in [0, 0.1) is 0 Å². The van der Waals surface area contributed by atoms with Crippen LogP contribution in [0.25, 0.3) is 10.2 Å². The van der Waals surface area contributed by atoms with Crippen LogP contribution >= 0.6 is 11.3 Å². The van der Waals surface area contributed by atoms with Crippen molar-refractivity contribution in [1.82, 2.24) is 4.57 Å². The molecule has 0 atom stereocenters. The van der Waals surface area contributed by atoms with Gasteiger partial charge in [-0.25, -0.2) is 0 Å². The summed E-state index contributed by atoms with van der Waals surface area (Å²) in [6, 6.07) is 10.5. The SMILES string of the molecule is O=C1CN(C(=O)Cn2ccc(=O)c3sccc32)c2ccccc2N1. The standard InChI is InChI=1S/C17H13N3O3S/c21-14-5-7-19(13-6-8-24-17(13)14)10-16(23)20-9-15(22)18-11-3-1-2-4-12(11)20/h1-8H,9-10H2,(H,18,22). The van der Waals surface area contributed by atoms with E-state index >= 15 is 0 Å². The highest BCUT2D eigenvalue weighted by atomic mass is 32.1. The maximum Gasteiger partial charge on any atom is 0.247 e. The quantitative estimate of drug-likeness (QED) is 0.777. The lowest BCUT2D eigenvalue weighted by atomic mass is 10.2. The summed E-state index contributed by atoms with van der Waals surface area (Å²) in [5.74, 6) is -0.420. The summed E-state index contributed by atoms with van der Waals surface area (Å²) in [5, 5.41) is 4.59. The zero-order valence-electron chi connectivity index (χ0n) is 12.6. The van der Waals surface area contributed by atoms with Crippen LogP contribution in [0.1, 0.15) is 0 Å². The van der Waals surface area contributed by atoms with Crippen molar-refractivity contribution in [3.8, 4) is 0 Å². The molecule has 1 aromatic carbocycles. The molecule has 0 spiro atoms. The summed E-state index contributed by atoms with van der Waals surface area (Å²) in [6.07, 6.45) is 1.62. The minimum Gasteiger partial charge on any atom is -0.337 e. The Morgan fingerprint density at radius 2 is 2.00 bits per heavy atom. The van der Waals surface area contributed by atoms with Crippen LogP contribution in [0.5, 0.6) is 0 Å². The van der Waals surface area contributed by atoms with Crippen LogP contribution < -0.4 is 15.6 Å². The van der Waals surface area contributed by atoms with Crippen molar-refractivity contribution in [2.24, 2.45) is 0 Å². The summed E-state index contributed by atoms with van der Waals surface area (Å²) >= 11 is 1.36. The zero-order chi connectivity index (χ0) is 16.7. The van der Waals surface area contributed by atoms with Crippen LogP contribution in [0.15, 0.2) is 52.8 Å². The fourth-order valence-corrected chi connectivity index (χ4v) is 3.67. The van der Waals surface area contributed by atoms with Crippen molar-refractivity contribution < 1.29 is 9.59 Å². The molecule has 0 aliphatic carbocycles. The number of carbonyl (C=O) groups is 2. The van der Waals surface area contributed by atoms with Crippen molar-refractivity contribution in [1.29, 1.82) is 0 Å². The fourth-order valence-electron chi connectivity index (χ4n) is 2.85. The Balaban J connectivity index is 1.69. The second-order valence-electron chi connectivity index (χ2n) is 5.49. The molecule has 1 aliphatic heterocycles. The van der Waals surface area contributed by atoms with Gasteiger partial charge < -0.3 is 9.88 Å². The summed E-state index contributed by atoms with van der Waals surface area (Å²) in [4.78, 5) is 37.9. The van der Waals surface area contributed by atoms with Crippen LogP contribution in [0.4, 0.5) is 11.4 Å². The first-order valence-corrected chi connectivity index (χ1v) is 8.27. The number of anilines is 2. The van der Waals surface area contributed by atoms with Gasteiger partial charge in [0.25, 0.3) is 0 Å². The highest BCUT2D eigenvalue weighted by molar-refractivity contribution is 7.17. The Morgan fingerprint density at radius 3 is 2.88 bits per heavy atom. The number of nitrogens with one attached hydrogen (secondary N) is 1. The number of carbonyl (C=O) groups excluding carboxylic acids is 2. The second-order valence-corrected chi connectivity index (χ2v) is 6.40. The van der Waals surface area contributed by atoms with Crippen molar-refractivity contribution in [2.75, 3.05) is 16.8 Å². The number of amides is 2. The number of thiophene rings is 1. The average Bonchev–Trinajstić information content (AvgIpc) is 3.07. The predicted molar refractivity (Wildman–Crippen MR) is 93.5 cm³/mol. The number of rotatable bonds is 2. The van der Waals surface area contributed by atoms with Gasteiger partial charge in [-0.2, -0.15) is 0 Å². The van der Waals surface area contributed by atoms with E-state index in [0.29, 0.717) is 16.1 Å². The minimum atomic E-state index is -0.220. The molecule has 24 heavy (non-hydrogen) atoms. The summed E-state index contributed by atoms with van der Waals surface area (Å²) in [6.45, 7) is 0.0535. The van der Waals surface area contributed by atoms with Crippen LogP contribution in [0.3, 0.4) is 0 Å². The van der Waals surface area contributed by atoms with Crippen molar-refractivity contribution >= 4 is 44.7 Å². The monoisotopic (exact) mass is 339 g/mol. The van der Waals surface area contributed by atoms with Gasteiger partial charge in [0.05, 0.1) is 21.6 Å². The molecule has 0 saturated carbocycles. The second kappa shape index (κ2) is 5.61. The van der Waals surface area contributed by atoms with Crippen molar-refractivity contribution in [3.63, 3.8) is 0 Å². The molecule has 0 bridgehead atoms. The molecule has 0 unspecified atom stereocenters. The lowest BCUT2D eigenvalue weighted by Gasteiger charge is -2.29. The largest absolute Gasteiger partial charge is 0.337 e. The number of hydrogen-bond donors (Lipinski definition) is 1. The molecular weight excluding hydrogens is 326 g/mol. The van der Waals surface area contributed by atoms with Gasteiger partial charge in [-0.1, -0.05) is 12.1 Å². The Labute approximate surface area is 140 Å². The van der Waals surface area contributed by atoms with Gasteiger partial charge in [0.15, 0.2) is 5.43 Å². The van der Waals surface area contributed by atoms with Crippen LogP contribution in [0.2, 0.25) is 0 Å². The lowest BCUT2D eigenvalue weighted by molar-refractivity contribution is -0.122. The van der Waals surface area contributed by atoms with Gasteiger partial charge in [0, 0.05) is 12.3 Å². The maximum atomic E-state index is 12.8. The van der Waals surface area contributed by atoms with Gasteiger partial charge in [-0.05, 0) is 23.6 Å². The molecule has 1 aliphatic rings. The number of pyridine rings is 1. The third kappa shape index (κ3) is 2.39. The lowest BCUT2D eigenvalue weighted by Crippen LogP contribution is -2.43. The Hall–Kier alpha value is -2.93. The third-order valence-electron chi connectivity index (χ3n) is 3.96. The van der Waals surface area contributed by atoms with Gasteiger partial charge >= 0.3 is 0 Å². The third-order valence-corrected chi connectivity index (χ3v) is 4.88. The number of para-hydroxylation sites is 2. The molecule has 4 rings (SSSR count). The first-order chi connectivity index (χ1) is 11.6. The fraction of sp³-hybridized carbons (Fsp3) is 0.118. The van der Waals surface area contributed by atoms with E-state index in [4.69, 9.17) is 0 Å². The Bertz CT molecular complexity index is 1020. The van der Waals surface area contributed by atoms with E-state index in [2.05, 4.69) is 5.32 Å². The molecule has 2 amide bonds. The maximum absolute atomic E-state index is 12.8. The molecule has 3 aromatic rings. The van der Waals surface area contributed by atoms with Crippen LogP contribution in [-0.4, -0.2) is 22.9 Å². The van der Waals surface area contributed by atoms with Gasteiger partial charge in [-0.15, -0.1) is 11.3 Å². The Morgan fingerprint density at radius 1 is 1.17 bits per heavy atom. The first-order valence-electron chi connectivity index (χ1n) is 7.39. The number of aromatic nitrogens is 1. The smallest absolute Gasteiger partial charge is 0.247 e. The molecule has 0 radical (unpaired) electrons. The molecule has 1 N–H and O–H groups in total. The number of hydrogen-bond acceptors (Lipinski definition) is 4. The van der Waals surface area contributed by atoms with E-state index in [1.54, 1.807) is 22.9 Å². The Kier molecular flexibility index (Phi) is 3.42. The van der Waals surface area contributed by atoms with Gasteiger partial charge in [0.1, 0.15) is 13.1 Å². The summed E-state index contributed by atoms with van der Waals surface area (Å²) in [7, 11) is 0. The van der Waals surface area contributed by atoms with Crippen molar-refractivity contribution in [3.05, 3.63) is 58.2 Å². The molecule has 0 fully saturated rings. The van der Waals surface area contributed by atoms with Crippen LogP contribution in [-0.2, 0) is 16.1 Å². The zero-order valence-corrected chi connectivity index (χ0v) is 13.4. The highest BCUT2D eigenvalue weighted by Gasteiger charge is 2.26. The molecule has 3 heterocycles. The summed E-state index contributed by atoms with van der Waals surface area (Å²) < 4.78 is 2.37. The summed E-state index contributed by atoms with van der Waals surface area (Å²) in [5.41, 5.74) is 1.99. The number of fused-ring (bicyclic) bond motifs is 2.